The van der Waals surface area contributed by atoms with Crippen molar-refractivity contribution in [2.75, 3.05) is 0 Å². The summed E-state index contributed by atoms with van der Waals surface area (Å²) < 4.78 is 2.08. The van der Waals surface area contributed by atoms with Crippen molar-refractivity contribution in [2.45, 2.75) is 12.2 Å². The lowest BCUT2D eigenvalue weighted by molar-refractivity contribution is 1.22. The Balaban J connectivity index is 1.48. The molecule has 0 saturated carbocycles. The Morgan fingerprint density at radius 2 is 2.26 bits per heavy atom. The number of aliphatic imine (C=N–C) groups is 1. The second-order valence-electron chi connectivity index (χ2n) is 4.42. The van der Waals surface area contributed by atoms with Crippen molar-refractivity contribution in [1.82, 2.24) is 9.38 Å². The van der Waals surface area contributed by atoms with Crippen LogP contribution in [0.4, 0.5) is 5.69 Å². The van der Waals surface area contributed by atoms with Gasteiger partial charge in [-0.2, -0.15) is 0 Å². The van der Waals surface area contributed by atoms with Crippen LogP contribution >= 0.6 is 23.1 Å². The minimum absolute atomic E-state index is 0.890. The van der Waals surface area contributed by atoms with E-state index >= 15 is 0 Å². The van der Waals surface area contributed by atoms with Gasteiger partial charge in [0.1, 0.15) is 0 Å². The van der Waals surface area contributed by atoms with Gasteiger partial charge in [0.2, 0.25) is 0 Å². The van der Waals surface area contributed by atoms with Gasteiger partial charge in [-0.05, 0) is 11.6 Å². The fraction of sp³-hybridized carbons (Fsp3) is 0.143. The van der Waals surface area contributed by atoms with Crippen molar-refractivity contribution < 1.29 is 0 Å². The first-order valence-electron chi connectivity index (χ1n) is 6.08. The maximum Gasteiger partial charge on any atom is 0.193 e. The number of aromatic nitrogens is 2. The van der Waals surface area contributed by atoms with Gasteiger partial charge in [0.05, 0.1) is 16.4 Å². The minimum Gasteiger partial charge on any atom is -0.297 e. The van der Waals surface area contributed by atoms with E-state index in [1.165, 1.54) is 10.6 Å². The number of benzene rings is 1. The Bertz CT molecular complexity index is 741. The molecule has 0 unspecified atom stereocenters. The second kappa shape index (κ2) is 4.51. The summed E-state index contributed by atoms with van der Waals surface area (Å²) in [6.07, 6.45) is 5.11. The van der Waals surface area contributed by atoms with Gasteiger partial charge in [0.25, 0.3) is 0 Å². The molecule has 3 nitrogen and oxygen atoms in total. The van der Waals surface area contributed by atoms with Gasteiger partial charge in [0, 0.05) is 29.9 Å². The Kier molecular flexibility index (Phi) is 2.67. The van der Waals surface area contributed by atoms with E-state index in [0.29, 0.717) is 0 Å². The molecule has 19 heavy (non-hydrogen) atoms. The zero-order valence-corrected chi connectivity index (χ0v) is 11.7. The molecule has 0 radical (unpaired) electrons. The van der Waals surface area contributed by atoms with Crippen molar-refractivity contribution in [3.63, 3.8) is 0 Å². The molecule has 0 amide bonds. The standard InChI is InChI=1S/C14H11N3S2/c1-2-4-12-10(3-1)7-13(16-12)19-9-11-8-17-5-6-18-14(17)15-11/h1-6,8H,7,9H2. The number of fused-ring (bicyclic) bond motifs is 2. The molecule has 2 aromatic heterocycles. The van der Waals surface area contributed by atoms with Crippen LogP contribution < -0.4 is 0 Å². The molecule has 3 aromatic rings. The number of imidazole rings is 1. The Labute approximate surface area is 119 Å². The third-order valence-corrected chi connectivity index (χ3v) is 4.89. The monoisotopic (exact) mass is 285 g/mol. The van der Waals surface area contributed by atoms with Crippen LogP contribution in [0, 0.1) is 0 Å². The van der Waals surface area contributed by atoms with E-state index < -0.39 is 0 Å². The lowest BCUT2D eigenvalue weighted by Crippen LogP contribution is -1.93. The number of hydrogen-bond acceptors (Lipinski definition) is 4. The van der Waals surface area contributed by atoms with Crippen LogP contribution in [0.25, 0.3) is 4.96 Å². The van der Waals surface area contributed by atoms with Crippen LogP contribution in [0.3, 0.4) is 0 Å². The number of para-hydroxylation sites is 1. The molecule has 0 N–H and O–H groups in total. The van der Waals surface area contributed by atoms with Gasteiger partial charge in [-0.25, -0.2) is 9.98 Å². The predicted octanol–water partition coefficient (Wildman–Crippen LogP) is 3.92. The Morgan fingerprint density at radius 3 is 3.16 bits per heavy atom. The normalized spacial score (nSPS) is 13.8. The van der Waals surface area contributed by atoms with Crippen molar-refractivity contribution >= 4 is 38.8 Å². The van der Waals surface area contributed by atoms with Crippen molar-refractivity contribution in [3.8, 4) is 0 Å². The zero-order valence-electron chi connectivity index (χ0n) is 10.1. The smallest absolute Gasteiger partial charge is 0.193 e. The molecule has 0 bridgehead atoms. The highest BCUT2D eigenvalue weighted by atomic mass is 32.2. The van der Waals surface area contributed by atoms with E-state index in [1.54, 1.807) is 23.1 Å². The van der Waals surface area contributed by atoms with Gasteiger partial charge < -0.3 is 0 Å². The molecule has 1 aliphatic rings. The molecule has 94 valence electrons. The van der Waals surface area contributed by atoms with Gasteiger partial charge in [-0.1, -0.05) is 18.2 Å². The fourth-order valence-electron chi connectivity index (χ4n) is 2.19. The fourth-order valence-corrected chi connectivity index (χ4v) is 3.79. The molecule has 3 heterocycles. The van der Waals surface area contributed by atoms with Crippen molar-refractivity contribution in [1.29, 1.82) is 0 Å². The molecular weight excluding hydrogens is 274 g/mol. The average Bonchev–Trinajstić information content (AvgIpc) is 3.09. The molecular formula is C14H11N3S2. The summed E-state index contributed by atoms with van der Waals surface area (Å²) >= 11 is 3.46. The zero-order chi connectivity index (χ0) is 12.7. The van der Waals surface area contributed by atoms with Gasteiger partial charge >= 0.3 is 0 Å². The van der Waals surface area contributed by atoms with Gasteiger partial charge in [0.15, 0.2) is 4.96 Å². The van der Waals surface area contributed by atoms with E-state index in [0.717, 1.165) is 28.5 Å². The van der Waals surface area contributed by atoms with Crippen LogP contribution in [0.15, 0.2) is 47.0 Å². The van der Waals surface area contributed by atoms with Crippen LogP contribution in [0.1, 0.15) is 11.3 Å². The molecule has 5 heteroatoms. The third kappa shape index (κ3) is 2.09. The number of thiazole rings is 1. The number of nitrogens with zero attached hydrogens (tertiary/aromatic N) is 3. The number of rotatable bonds is 2. The number of hydrogen-bond donors (Lipinski definition) is 0. The van der Waals surface area contributed by atoms with E-state index in [-0.39, 0.29) is 0 Å². The maximum absolute atomic E-state index is 4.66. The quantitative estimate of drug-likeness (QED) is 0.714. The van der Waals surface area contributed by atoms with Crippen LogP contribution in [-0.2, 0) is 12.2 Å². The highest BCUT2D eigenvalue weighted by Crippen LogP contribution is 2.31. The largest absolute Gasteiger partial charge is 0.297 e. The van der Waals surface area contributed by atoms with Gasteiger partial charge in [-0.15, -0.1) is 23.1 Å². The van der Waals surface area contributed by atoms with Crippen LogP contribution in [0.2, 0.25) is 0 Å². The average molecular weight is 285 g/mol. The molecule has 1 aliphatic heterocycles. The Hall–Kier alpha value is -1.59. The molecule has 0 saturated heterocycles. The molecule has 1 aromatic carbocycles. The molecule has 4 rings (SSSR count). The summed E-state index contributed by atoms with van der Waals surface area (Å²) in [5.74, 6) is 0.890. The third-order valence-electron chi connectivity index (χ3n) is 3.11. The van der Waals surface area contributed by atoms with Crippen LogP contribution in [0.5, 0.6) is 0 Å². The first kappa shape index (κ1) is 11.3. The summed E-state index contributed by atoms with van der Waals surface area (Å²) in [6, 6.07) is 8.35. The SMILES string of the molecule is c1ccc2c(c1)CC(SCc1cn3ccsc3n1)=N2. The first-order chi connectivity index (χ1) is 9.38. The maximum atomic E-state index is 4.66. The lowest BCUT2D eigenvalue weighted by atomic mass is 10.2. The van der Waals surface area contributed by atoms with Crippen molar-refractivity contribution in [3.05, 3.63) is 53.3 Å². The predicted molar refractivity (Wildman–Crippen MR) is 81.6 cm³/mol. The van der Waals surface area contributed by atoms with Crippen molar-refractivity contribution in [2.24, 2.45) is 4.99 Å². The van der Waals surface area contributed by atoms with E-state index in [2.05, 4.69) is 44.2 Å². The summed E-state index contributed by atoms with van der Waals surface area (Å²) in [5, 5.41) is 3.24. The molecule has 0 aliphatic carbocycles. The van der Waals surface area contributed by atoms with E-state index in [4.69, 9.17) is 0 Å². The highest BCUT2D eigenvalue weighted by Gasteiger charge is 2.14. The molecule has 0 fully saturated rings. The minimum atomic E-state index is 0.890. The number of thioether (sulfide) groups is 1. The summed E-state index contributed by atoms with van der Waals surface area (Å²) in [6.45, 7) is 0. The summed E-state index contributed by atoms with van der Waals surface area (Å²) in [4.78, 5) is 10.3. The molecule has 0 atom stereocenters. The molecule has 0 spiro atoms. The van der Waals surface area contributed by atoms with Gasteiger partial charge in [-0.3, -0.25) is 4.40 Å². The van der Waals surface area contributed by atoms with Crippen LogP contribution in [-0.4, -0.2) is 14.4 Å². The summed E-state index contributed by atoms with van der Waals surface area (Å²) in [7, 11) is 0. The lowest BCUT2D eigenvalue weighted by Gasteiger charge is -1.97. The summed E-state index contributed by atoms with van der Waals surface area (Å²) in [5.41, 5.74) is 3.57. The first-order valence-corrected chi connectivity index (χ1v) is 7.94. The topological polar surface area (TPSA) is 29.7 Å². The Morgan fingerprint density at radius 1 is 1.32 bits per heavy atom. The second-order valence-corrected chi connectivity index (χ2v) is 6.35. The highest BCUT2D eigenvalue weighted by molar-refractivity contribution is 8.13. The van der Waals surface area contributed by atoms with E-state index in [1.807, 2.05) is 12.3 Å². The van der Waals surface area contributed by atoms with E-state index in [9.17, 15) is 0 Å².